The summed E-state index contributed by atoms with van der Waals surface area (Å²) in [5, 5.41) is 0. The zero-order valence-corrected chi connectivity index (χ0v) is 17.4. The standard InChI is InChI=1S/C25H24N2O3/c1-17-11-12-20(14-18(17)2)22-23(26(3)15-19-8-5-4-6-9-19)25(29)27(24(22)28)16-21-10-7-13-30-21/h4-14H,15-16H2,1-3H3. The van der Waals surface area contributed by atoms with E-state index in [0.29, 0.717) is 23.6 Å². The molecule has 152 valence electrons. The molecule has 0 N–H and O–H groups in total. The predicted octanol–water partition coefficient (Wildman–Crippen LogP) is 4.31. The van der Waals surface area contributed by atoms with E-state index in [-0.39, 0.29) is 18.4 Å². The van der Waals surface area contributed by atoms with Gasteiger partial charge in [0.2, 0.25) is 0 Å². The second-order valence-electron chi connectivity index (χ2n) is 7.64. The molecule has 3 aromatic rings. The van der Waals surface area contributed by atoms with Crippen molar-refractivity contribution in [2.45, 2.75) is 26.9 Å². The molecule has 1 aromatic heterocycles. The zero-order chi connectivity index (χ0) is 21.3. The number of furan rings is 1. The van der Waals surface area contributed by atoms with E-state index in [0.717, 1.165) is 22.3 Å². The molecule has 0 saturated heterocycles. The highest BCUT2D eigenvalue weighted by molar-refractivity contribution is 6.35. The molecule has 5 heteroatoms. The molecular weight excluding hydrogens is 376 g/mol. The van der Waals surface area contributed by atoms with Crippen molar-refractivity contribution in [3.05, 3.63) is 101 Å². The van der Waals surface area contributed by atoms with Gasteiger partial charge >= 0.3 is 0 Å². The van der Waals surface area contributed by atoms with Crippen LogP contribution in [-0.2, 0) is 22.7 Å². The van der Waals surface area contributed by atoms with E-state index in [1.165, 1.54) is 4.90 Å². The van der Waals surface area contributed by atoms with Gasteiger partial charge in [0.05, 0.1) is 18.4 Å². The van der Waals surface area contributed by atoms with Crippen molar-refractivity contribution in [3.63, 3.8) is 0 Å². The Bertz CT molecular complexity index is 1110. The van der Waals surface area contributed by atoms with Crippen LogP contribution in [-0.4, -0.2) is 28.7 Å². The summed E-state index contributed by atoms with van der Waals surface area (Å²) < 4.78 is 5.38. The molecule has 1 aliphatic rings. The van der Waals surface area contributed by atoms with Crippen LogP contribution in [0, 0.1) is 13.8 Å². The number of imide groups is 1. The van der Waals surface area contributed by atoms with Crippen molar-refractivity contribution in [2.24, 2.45) is 0 Å². The Balaban J connectivity index is 1.76. The lowest BCUT2D eigenvalue weighted by Crippen LogP contribution is -2.33. The molecule has 0 spiro atoms. The Kier molecular flexibility index (Phi) is 5.27. The Morgan fingerprint density at radius 3 is 2.33 bits per heavy atom. The fourth-order valence-electron chi connectivity index (χ4n) is 3.71. The lowest BCUT2D eigenvalue weighted by Gasteiger charge is -2.21. The number of benzene rings is 2. The van der Waals surface area contributed by atoms with E-state index in [1.54, 1.807) is 18.4 Å². The number of likely N-dealkylation sites (N-methyl/N-ethyl adjacent to an activating group) is 1. The van der Waals surface area contributed by atoms with Crippen molar-refractivity contribution >= 4 is 17.4 Å². The van der Waals surface area contributed by atoms with E-state index in [4.69, 9.17) is 4.42 Å². The van der Waals surface area contributed by atoms with Crippen molar-refractivity contribution in [1.29, 1.82) is 0 Å². The third kappa shape index (κ3) is 3.66. The van der Waals surface area contributed by atoms with Gasteiger partial charge in [-0.15, -0.1) is 0 Å². The van der Waals surface area contributed by atoms with Crippen molar-refractivity contribution in [1.82, 2.24) is 9.80 Å². The Morgan fingerprint density at radius 1 is 0.900 bits per heavy atom. The molecule has 30 heavy (non-hydrogen) atoms. The number of aryl methyl sites for hydroxylation is 2. The zero-order valence-electron chi connectivity index (χ0n) is 17.4. The van der Waals surface area contributed by atoms with Crippen LogP contribution in [0.2, 0.25) is 0 Å². The molecule has 2 aromatic carbocycles. The first-order valence-corrected chi connectivity index (χ1v) is 9.91. The first-order chi connectivity index (χ1) is 14.5. The third-order valence-electron chi connectivity index (χ3n) is 5.48. The largest absolute Gasteiger partial charge is 0.467 e. The van der Waals surface area contributed by atoms with Gasteiger partial charge in [0.25, 0.3) is 11.8 Å². The average molecular weight is 400 g/mol. The van der Waals surface area contributed by atoms with Crippen LogP contribution in [0.25, 0.3) is 5.57 Å². The van der Waals surface area contributed by atoms with E-state index < -0.39 is 0 Å². The van der Waals surface area contributed by atoms with Crippen LogP contribution in [0.4, 0.5) is 0 Å². The summed E-state index contributed by atoms with van der Waals surface area (Å²) in [6, 6.07) is 19.3. The summed E-state index contributed by atoms with van der Waals surface area (Å²) in [4.78, 5) is 29.9. The van der Waals surface area contributed by atoms with Crippen LogP contribution in [0.15, 0.2) is 77.0 Å². The highest BCUT2D eigenvalue weighted by Gasteiger charge is 2.41. The highest BCUT2D eigenvalue weighted by Crippen LogP contribution is 2.33. The molecule has 0 fully saturated rings. The fraction of sp³-hybridized carbons (Fsp3) is 0.200. The van der Waals surface area contributed by atoms with Gasteiger partial charge in [0.1, 0.15) is 11.5 Å². The number of nitrogens with zero attached hydrogens (tertiary/aromatic N) is 2. The normalized spacial score (nSPS) is 14.0. The molecule has 2 heterocycles. The fourth-order valence-corrected chi connectivity index (χ4v) is 3.71. The van der Waals surface area contributed by atoms with Crippen molar-refractivity contribution < 1.29 is 14.0 Å². The summed E-state index contributed by atoms with van der Waals surface area (Å²) in [6.07, 6.45) is 1.54. The maximum Gasteiger partial charge on any atom is 0.278 e. The summed E-state index contributed by atoms with van der Waals surface area (Å²) in [5.74, 6) is -0.0271. The summed E-state index contributed by atoms with van der Waals surface area (Å²) in [7, 11) is 1.85. The van der Waals surface area contributed by atoms with Crippen molar-refractivity contribution in [3.8, 4) is 0 Å². The number of rotatable bonds is 6. The molecular formula is C25H24N2O3. The minimum atomic E-state index is -0.303. The van der Waals surface area contributed by atoms with Crippen LogP contribution < -0.4 is 0 Å². The Labute approximate surface area is 176 Å². The maximum absolute atomic E-state index is 13.4. The van der Waals surface area contributed by atoms with Crippen LogP contribution >= 0.6 is 0 Å². The van der Waals surface area contributed by atoms with Gasteiger partial charge in [0, 0.05) is 13.6 Å². The Hall–Kier alpha value is -3.60. The molecule has 0 atom stereocenters. The molecule has 0 saturated carbocycles. The second-order valence-corrected chi connectivity index (χ2v) is 7.64. The van der Waals surface area contributed by atoms with Gasteiger partial charge < -0.3 is 9.32 Å². The minimum Gasteiger partial charge on any atom is -0.467 e. The molecule has 0 radical (unpaired) electrons. The number of hydrogen-bond donors (Lipinski definition) is 0. The van der Waals surface area contributed by atoms with Crippen LogP contribution in [0.3, 0.4) is 0 Å². The van der Waals surface area contributed by atoms with Gasteiger partial charge in [-0.3, -0.25) is 14.5 Å². The van der Waals surface area contributed by atoms with E-state index >= 15 is 0 Å². The third-order valence-corrected chi connectivity index (χ3v) is 5.48. The van der Waals surface area contributed by atoms with Gasteiger partial charge in [-0.25, -0.2) is 0 Å². The summed E-state index contributed by atoms with van der Waals surface area (Å²) in [6.45, 7) is 4.68. The highest BCUT2D eigenvalue weighted by atomic mass is 16.3. The minimum absolute atomic E-state index is 0.113. The number of hydrogen-bond acceptors (Lipinski definition) is 4. The maximum atomic E-state index is 13.4. The van der Waals surface area contributed by atoms with Gasteiger partial charge in [-0.1, -0.05) is 48.5 Å². The SMILES string of the molecule is Cc1ccc(C2=C(N(C)Cc3ccccc3)C(=O)N(Cc3ccco3)C2=O)cc1C. The van der Waals surface area contributed by atoms with E-state index in [9.17, 15) is 9.59 Å². The number of carbonyl (C=O) groups excluding carboxylic acids is 2. The molecule has 5 nitrogen and oxygen atoms in total. The average Bonchev–Trinajstić information content (AvgIpc) is 3.33. The quantitative estimate of drug-likeness (QED) is 0.579. The van der Waals surface area contributed by atoms with Gasteiger partial charge in [0.15, 0.2) is 0 Å². The molecule has 4 rings (SSSR count). The molecule has 2 amide bonds. The smallest absolute Gasteiger partial charge is 0.278 e. The molecule has 0 unspecified atom stereocenters. The van der Waals surface area contributed by atoms with Gasteiger partial charge in [-0.05, 0) is 48.2 Å². The molecule has 0 aliphatic carbocycles. The van der Waals surface area contributed by atoms with Gasteiger partial charge in [-0.2, -0.15) is 0 Å². The lowest BCUT2D eigenvalue weighted by molar-refractivity contribution is -0.138. The first kappa shape index (κ1) is 19.7. The lowest BCUT2D eigenvalue weighted by atomic mass is 9.99. The van der Waals surface area contributed by atoms with Crippen LogP contribution in [0.5, 0.6) is 0 Å². The molecule has 1 aliphatic heterocycles. The summed E-state index contributed by atoms with van der Waals surface area (Å²) >= 11 is 0. The topological polar surface area (TPSA) is 53.8 Å². The monoisotopic (exact) mass is 400 g/mol. The number of amides is 2. The number of carbonyl (C=O) groups is 2. The van der Waals surface area contributed by atoms with Crippen molar-refractivity contribution in [2.75, 3.05) is 7.05 Å². The van der Waals surface area contributed by atoms with Crippen LogP contribution in [0.1, 0.15) is 28.0 Å². The van der Waals surface area contributed by atoms with E-state index in [1.807, 2.05) is 74.3 Å². The second kappa shape index (κ2) is 8.03. The predicted molar refractivity (Wildman–Crippen MR) is 115 cm³/mol. The molecule has 0 bridgehead atoms. The van der Waals surface area contributed by atoms with E-state index in [2.05, 4.69) is 0 Å². The summed E-state index contributed by atoms with van der Waals surface area (Å²) in [5.41, 5.74) is 4.90. The first-order valence-electron chi connectivity index (χ1n) is 9.91. The Morgan fingerprint density at radius 2 is 1.67 bits per heavy atom.